The lowest BCUT2D eigenvalue weighted by molar-refractivity contribution is -0.153. The molecule has 2 rings (SSSR count). The van der Waals surface area contributed by atoms with E-state index in [0.717, 1.165) is 22.6 Å². The zero-order valence-electron chi connectivity index (χ0n) is 11.2. The highest BCUT2D eigenvalue weighted by Crippen LogP contribution is 2.22. The van der Waals surface area contributed by atoms with E-state index in [1.807, 2.05) is 31.2 Å². The molecule has 1 N–H and O–H groups in total. The summed E-state index contributed by atoms with van der Waals surface area (Å²) < 4.78 is 0. The number of imide groups is 1. The molecule has 1 aliphatic rings. The van der Waals surface area contributed by atoms with Gasteiger partial charge in [-0.1, -0.05) is 25.1 Å². The van der Waals surface area contributed by atoms with Crippen molar-refractivity contribution in [3.63, 3.8) is 0 Å². The van der Waals surface area contributed by atoms with Crippen LogP contribution < -0.4 is 4.90 Å². The highest BCUT2D eigenvalue weighted by atomic mass is 16.4. The number of carbonyl (C=O) groups excluding carboxylic acids is 2. The lowest BCUT2D eigenvalue weighted by Gasteiger charge is -2.34. The summed E-state index contributed by atoms with van der Waals surface area (Å²) in [4.78, 5) is 37.0. The van der Waals surface area contributed by atoms with Crippen LogP contribution >= 0.6 is 0 Å². The van der Waals surface area contributed by atoms with E-state index in [0.29, 0.717) is 0 Å². The Morgan fingerprint density at radius 3 is 2.35 bits per heavy atom. The molecule has 0 saturated carbocycles. The number of aryl methyl sites for hydroxylation is 1. The molecule has 1 saturated heterocycles. The molecule has 106 valence electrons. The Balaban J connectivity index is 2.20. The Bertz CT molecular complexity index is 538. The Hall–Kier alpha value is -2.37. The molecular weight excluding hydrogens is 260 g/mol. The van der Waals surface area contributed by atoms with E-state index in [-0.39, 0.29) is 13.1 Å². The molecule has 1 aliphatic heterocycles. The number of piperazine rings is 1. The van der Waals surface area contributed by atoms with E-state index < -0.39 is 24.3 Å². The normalized spacial score (nSPS) is 15.7. The fraction of sp³-hybridized carbons (Fsp3) is 0.357. The van der Waals surface area contributed by atoms with Crippen molar-refractivity contribution in [2.24, 2.45) is 0 Å². The third-order valence-electron chi connectivity index (χ3n) is 3.26. The summed E-state index contributed by atoms with van der Waals surface area (Å²) in [7, 11) is 0. The van der Waals surface area contributed by atoms with Crippen LogP contribution in [-0.2, 0) is 20.8 Å². The smallest absolute Gasteiger partial charge is 0.323 e. The molecule has 0 atom stereocenters. The minimum atomic E-state index is -1.19. The SMILES string of the molecule is CCc1ccccc1N1CC(=O)N(CC(=O)O)C(=O)C1. The lowest BCUT2D eigenvalue weighted by Crippen LogP contribution is -2.55. The van der Waals surface area contributed by atoms with Gasteiger partial charge in [0.1, 0.15) is 6.54 Å². The number of carbonyl (C=O) groups is 3. The van der Waals surface area contributed by atoms with Crippen LogP contribution in [0.4, 0.5) is 5.69 Å². The van der Waals surface area contributed by atoms with Gasteiger partial charge in [0.25, 0.3) is 0 Å². The number of rotatable bonds is 4. The predicted molar refractivity (Wildman–Crippen MR) is 72.4 cm³/mol. The molecule has 1 fully saturated rings. The molecule has 0 spiro atoms. The monoisotopic (exact) mass is 276 g/mol. The number of aliphatic carboxylic acids is 1. The van der Waals surface area contributed by atoms with E-state index >= 15 is 0 Å². The summed E-state index contributed by atoms with van der Waals surface area (Å²) in [5, 5.41) is 8.71. The molecule has 0 aromatic heterocycles. The standard InChI is InChI=1S/C14H16N2O4/c1-2-10-5-3-4-6-11(10)15-7-12(17)16(9-14(19)20)13(18)8-15/h3-6H,2,7-9H2,1H3,(H,19,20). The minimum absolute atomic E-state index is 0.0238. The first-order chi connectivity index (χ1) is 9.52. The minimum Gasteiger partial charge on any atom is -0.480 e. The number of carboxylic acid groups (broad SMARTS) is 1. The van der Waals surface area contributed by atoms with E-state index in [9.17, 15) is 14.4 Å². The molecule has 0 unspecified atom stereocenters. The van der Waals surface area contributed by atoms with Crippen molar-refractivity contribution in [3.8, 4) is 0 Å². The van der Waals surface area contributed by atoms with Gasteiger partial charge < -0.3 is 10.0 Å². The number of hydrogen-bond donors (Lipinski definition) is 1. The Kier molecular flexibility index (Phi) is 4.02. The highest BCUT2D eigenvalue weighted by molar-refractivity contribution is 6.04. The molecular formula is C14H16N2O4. The summed E-state index contributed by atoms with van der Waals surface area (Å²) in [5.74, 6) is -2.14. The topological polar surface area (TPSA) is 77.9 Å². The molecule has 0 aliphatic carbocycles. The summed E-state index contributed by atoms with van der Waals surface area (Å²) in [6, 6.07) is 7.58. The molecule has 20 heavy (non-hydrogen) atoms. The predicted octanol–water partition coefficient (Wildman–Crippen LogP) is 0.509. The maximum atomic E-state index is 11.9. The molecule has 2 amide bonds. The number of benzene rings is 1. The Labute approximate surface area is 116 Å². The summed E-state index contributed by atoms with van der Waals surface area (Å²) in [6.45, 7) is 1.48. The van der Waals surface area contributed by atoms with Crippen LogP contribution in [0.25, 0.3) is 0 Å². The van der Waals surface area contributed by atoms with Crippen molar-refractivity contribution in [1.29, 1.82) is 0 Å². The molecule has 1 aromatic carbocycles. The Morgan fingerprint density at radius 1 is 1.20 bits per heavy atom. The van der Waals surface area contributed by atoms with Crippen LogP contribution in [0.3, 0.4) is 0 Å². The third kappa shape index (κ3) is 2.79. The van der Waals surface area contributed by atoms with Crippen molar-refractivity contribution < 1.29 is 19.5 Å². The number of hydrogen-bond acceptors (Lipinski definition) is 4. The average molecular weight is 276 g/mol. The van der Waals surface area contributed by atoms with Crippen LogP contribution in [0.2, 0.25) is 0 Å². The third-order valence-corrected chi connectivity index (χ3v) is 3.26. The number of carboxylic acids is 1. The van der Waals surface area contributed by atoms with Crippen LogP contribution in [0.15, 0.2) is 24.3 Å². The van der Waals surface area contributed by atoms with E-state index in [1.165, 1.54) is 0 Å². The van der Waals surface area contributed by atoms with Crippen LogP contribution in [0, 0.1) is 0 Å². The molecule has 1 aromatic rings. The van der Waals surface area contributed by atoms with Gasteiger partial charge in [-0.2, -0.15) is 0 Å². The van der Waals surface area contributed by atoms with Crippen molar-refractivity contribution in [3.05, 3.63) is 29.8 Å². The zero-order chi connectivity index (χ0) is 14.7. The largest absolute Gasteiger partial charge is 0.480 e. The molecule has 6 nitrogen and oxygen atoms in total. The Morgan fingerprint density at radius 2 is 1.80 bits per heavy atom. The van der Waals surface area contributed by atoms with Gasteiger partial charge in [-0.3, -0.25) is 19.3 Å². The molecule has 6 heteroatoms. The number of nitrogens with zero attached hydrogens (tertiary/aromatic N) is 2. The van der Waals surface area contributed by atoms with Crippen LogP contribution in [0.5, 0.6) is 0 Å². The first kappa shape index (κ1) is 14.0. The molecule has 0 radical (unpaired) electrons. The second-order valence-electron chi connectivity index (χ2n) is 4.61. The molecule has 0 bridgehead atoms. The number of amides is 2. The summed E-state index contributed by atoms with van der Waals surface area (Å²) in [5.41, 5.74) is 1.91. The van der Waals surface area contributed by atoms with Crippen molar-refractivity contribution >= 4 is 23.5 Å². The summed E-state index contributed by atoms with van der Waals surface area (Å²) in [6.07, 6.45) is 0.799. The second kappa shape index (κ2) is 5.73. The number of para-hydroxylation sites is 1. The van der Waals surface area contributed by atoms with Gasteiger partial charge >= 0.3 is 5.97 Å². The fourth-order valence-electron chi connectivity index (χ4n) is 2.29. The highest BCUT2D eigenvalue weighted by Gasteiger charge is 2.32. The van der Waals surface area contributed by atoms with E-state index in [1.54, 1.807) is 4.90 Å². The average Bonchev–Trinajstić information content (AvgIpc) is 2.42. The van der Waals surface area contributed by atoms with Crippen LogP contribution in [-0.4, -0.2) is 47.4 Å². The van der Waals surface area contributed by atoms with Crippen molar-refractivity contribution in [1.82, 2.24) is 4.90 Å². The maximum absolute atomic E-state index is 11.9. The van der Waals surface area contributed by atoms with Crippen LogP contribution in [0.1, 0.15) is 12.5 Å². The maximum Gasteiger partial charge on any atom is 0.323 e. The second-order valence-corrected chi connectivity index (χ2v) is 4.61. The van der Waals surface area contributed by atoms with Gasteiger partial charge in [-0.25, -0.2) is 0 Å². The fourth-order valence-corrected chi connectivity index (χ4v) is 2.29. The number of anilines is 1. The van der Waals surface area contributed by atoms with Crippen molar-refractivity contribution in [2.75, 3.05) is 24.5 Å². The quantitative estimate of drug-likeness (QED) is 0.811. The van der Waals surface area contributed by atoms with E-state index in [4.69, 9.17) is 5.11 Å². The van der Waals surface area contributed by atoms with Gasteiger partial charge in [0.15, 0.2) is 0 Å². The first-order valence-electron chi connectivity index (χ1n) is 6.40. The summed E-state index contributed by atoms with van der Waals surface area (Å²) >= 11 is 0. The van der Waals surface area contributed by atoms with Crippen molar-refractivity contribution in [2.45, 2.75) is 13.3 Å². The first-order valence-corrected chi connectivity index (χ1v) is 6.40. The van der Waals surface area contributed by atoms with Gasteiger partial charge in [-0.05, 0) is 18.1 Å². The molecule has 1 heterocycles. The van der Waals surface area contributed by atoms with Gasteiger partial charge in [0.2, 0.25) is 11.8 Å². The van der Waals surface area contributed by atoms with Gasteiger partial charge in [-0.15, -0.1) is 0 Å². The zero-order valence-corrected chi connectivity index (χ0v) is 11.2. The van der Waals surface area contributed by atoms with Gasteiger partial charge in [0.05, 0.1) is 13.1 Å². The van der Waals surface area contributed by atoms with E-state index in [2.05, 4.69) is 0 Å². The van der Waals surface area contributed by atoms with Gasteiger partial charge in [0, 0.05) is 5.69 Å². The lowest BCUT2D eigenvalue weighted by atomic mass is 10.1.